The van der Waals surface area contributed by atoms with Crippen LogP contribution in [0, 0.1) is 0 Å². The Morgan fingerprint density at radius 3 is 1.54 bits per heavy atom. The van der Waals surface area contributed by atoms with Gasteiger partial charge in [-0.3, -0.25) is 28.6 Å². The van der Waals surface area contributed by atoms with E-state index in [1.54, 1.807) is 19.0 Å². The summed E-state index contributed by atoms with van der Waals surface area (Å²) < 4.78 is 40.8. The van der Waals surface area contributed by atoms with Gasteiger partial charge in [-0.05, 0) is 39.8 Å². The number of esters is 3. The molecule has 0 saturated carbocycles. The lowest BCUT2D eigenvalue weighted by Crippen LogP contribution is -2.62. The molecule has 1 aliphatic heterocycles. The summed E-state index contributed by atoms with van der Waals surface area (Å²) in [4.78, 5) is 74.7. The van der Waals surface area contributed by atoms with Gasteiger partial charge < -0.3 is 39.2 Å². The first-order valence-corrected chi connectivity index (χ1v) is 28.7. The van der Waals surface area contributed by atoms with Gasteiger partial charge in [0.25, 0.3) is 0 Å². The van der Waals surface area contributed by atoms with Gasteiger partial charge in [-0.2, -0.15) is 0 Å². The van der Waals surface area contributed by atoms with Crippen LogP contribution in [0.25, 0.3) is 0 Å². The molecule has 68 heavy (non-hydrogen) atoms. The van der Waals surface area contributed by atoms with Crippen LogP contribution in [-0.2, 0) is 47.2 Å². The van der Waals surface area contributed by atoms with E-state index >= 15 is 0 Å². The largest absolute Gasteiger partial charge is 0.470 e. The van der Waals surface area contributed by atoms with E-state index < -0.39 is 74.8 Å². The van der Waals surface area contributed by atoms with E-state index in [0.717, 1.165) is 70.6 Å². The number of nitrogens with zero attached hydrogens (tertiary/aromatic N) is 1. The molecule has 400 valence electrons. The number of carbonyl (C=O) groups excluding carboxylic acids is 4. The molecular weight excluding hydrogens is 892 g/mol. The fraction of sp³-hybridized carbons (Fsp3) is 0.923. The number of unbranched alkanes of at least 4 members (excludes halogenated alkanes) is 26. The van der Waals surface area contributed by atoms with Crippen LogP contribution in [0.2, 0.25) is 0 Å². The minimum Gasteiger partial charge on any atom is -0.462 e. The smallest absolute Gasteiger partial charge is 0.462 e. The molecule has 16 heteroatoms. The maximum absolute atomic E-state index is 13.9. The topological polar surface area (TPSA) is 207 Å². The predicted molar refractivity (Wildman–Crippen MR) is 268 cm³/mol. The van der Waals surface area contributed by atoms with Crippen molar-refractivity contribution in [2.45, 2.75) is 276 Å². The minimum atomic E-state index is -5.28. The number of hydrogen-bond acceptors (Lipinski definition) is 12. The third-order valence-corrected chi connectivity index (χ3v) is 13.2. The van der Waals surface area contributed by atoms with Gasteiger partial charge in [-0.15, -0.1) is 0 Å². The molecule has 6 atom stereocenters. The molecule has 0 aromatic heterocycles. The van der Waals surface area contributed by atoms with Gasteiger partial charge in [0.1, 0.15) is 24.9 Å². The minimum absolute atomic E-state index is 0.0759. The summed E-state index contributed by atoms with van der Waals surface area (Å²) in [6.07, 6.45) is 26.7. The molecule has 1 saturated heterocycles. The third kappa shape index (κ3) is 35.9. The van der Waals surface area contributed by atoms with Gasteiger partial charge in [-0.25, -0.2) is 4.57 Å². The summed E-state index contributed by atoms with van der Waals surface area (Å²) >= 11 is 0. The molecule has 0 spiro atoms. The van der Waals surface area contributed by atoms with Crippen LogP contribution in [-0.4, -0.2) is 114 Å². The van der Waals surface area contributed by atoms with Gasteiger partial charge in [0.2, 0.25) is 5.91 Å². The molecule has 15 nitrogen and oxygen atoms in total. The number of ether oxygens (including phenoxy) is 4. The summed E-state index contributed by atoms with van der Waals surface area (Å²) in [5.74, 6) is -2.43. The number of aliphatic hydroxyl groups excluding tert-OH is 1. The molecule has 1 fully saturated rings. The lowest BCUT2D eigenvalue weighted by molar-refractivity contribution is -0.194. The van der Waals surface area contributed by atoms with Crippen molar-refractivity contribution in [3.8, 4) is 0 Å². The highest BCUT2D eigenvalue weighted by atomic mass is 31.2. The Morgan fingerprint density at radius 2 is 1.07 bits per heavy atom. The van der Waals surface area contributed by atoms with Crippen molar-refractivity contribution in [2.75, 3.05) is 33.9 Å². The maximum atomic E-state index is 13.9. The monoisotopic (exact) mass is 991 g/mol. The average molecular weight is 991 g/mol. The van der Waals surface area contributed by atoms with Crippen molar-refractivity contribution in [1.29, 1.82) is 0 Å². The van der Waals surface area contributed by atoms with E-state index in [1.807, 2.05) is 0 Å². The molecule has 1 amide bonds. The van der Waals surface area contributed by atoms with Gasteiger partial charge in [0.05, 0.1) is 38.1 Å². The van der Waals surface area contributed by atoms with Crippen LogP contribution in [0.4, 0.5) is 0 Å². The number of hydrogen-bond donors (Lipinski definition) is 4. The number of likely N-dealkylation sites (N-methyl/N-ethyl adjacent to an activating group) is 1. The van der Waals surface area contributed by atoms with Crippen molar-refractivity contribution in [1.82, 2.24) is 10.2 Å². The van der Waals surface area contributed by atoms with Crippen LogP contribution in [0.5, 0.6) is 0 Å². The van der Waals surface area contributed by atoms with Gasteiger partial charge in [0.15, 0.2) is 6.10 Å². The summed E-state index contributed by atoms with van der Waals surface area (Å²) in [6.45, 7) is 5.77. The quantitative estimate of drug-likeness (QED) is 0.0194. The lowest BCUT2D eigenvalue weighted by atomic mass is 9.97. The molecule has 0 aromatic carbocycles. The van der Waals surface area contributed by atoms with E-state index in [9.17, 15) is 38.6 Å². The maximum Gasteiger partial charge on any atom is 0.470 e. The highest BCUT2D eigenvalue weighted by molar-refractivity contribution is 7.46. The summed E-state index contributed by atoms with van der Waals surface area (Å²) in [5, 5.41) is 13.5. The Labute approximate surface area is 412 Å². The fourth-order valence-electron chi connectivity index (χ4n) is 8.76. The number of aliphatic hydroxyl groups is 1. The SMILES string of the molecule is CCCCCCCCCCCCCC(=O)O[C@H](CCCCCCCCCCC)CC(=O)O[C@H]1[C@H](OP(=O)(O)O)[C@@H](COC(=O)CN(C)C)OC[C@@H]1NC(=O)C[C@H](O)CCCCCCCCCCC. The number of amides is 1. The fourth-order valence-corrected chi connectivity index (χ4v) is 9.33. The standard InChI is InChI=1S/C52H99N2O13P/c1-6-9-12-15-18-21-22-25-28-31-34-37-48(57)65-44(36-33-30-27-24-20-17-14-11-8-3)39-49(58)66-51-45(53-47(56)38-43(55)35-32-29-26-23-19-16-13-10-7-2)41-63-46(52(51)67-68(60,61)62)42-64-50(59)40-54(4)5/h43-46,51-52,55H,6-42H2,1-5H3,(H,53,56)(H2,60,61,62)/t43-,44-,45+,46-,51-,52-/m1/s1. The van der Waals surface area contributed by atoms with Crippen LogP contribution >= 0.6 is 7.82 Å². The predicted octanol–water partition coefficient (Wildman–Crippen LogP) is 11.0. The summed E-state index contributed by atoms with van der Waals surface area (Å²) in [6, 6.07) is -1.16. The molecule has 0 radical (unpaired) electrons. The Morgan fingerprint density at radius 1 is 0.618 bits per heavy atom. The molecule has 1 heterocycles. The van der Waals surface area contributed by atoms with Crippen LogP contribution < -0.4 is 5.32 Å². The normalized spacial score (nSPS) is 18.3. The summed E-state index contributed by atoms with van der Waals surface area (Å²) in [7, 11) is -1.94. The second-order valence-corrected chi connectivity index (χ2v) is 20.9. The molecule has 0 unspecified atom stereocenters. The molecule has 4 N–H and O–H groups in total. The first-order valence-electron chi connectivity index (χ1n) is 27.2. The average Bonchev–Trinajstić information content (AvgIpc) is 3.27. The van der Waals surface area contributed by atoms with Crippen molar-refractivity contribution in [3.05, 3.63) is 0 Å². The van der Waals surface area contributed by atoms with E-state index in [-0.39, 0.29) is 32.4 Å². The van der Waals surface area contributed by atoms with E-state index in [4.69, 9.17) is 23.5 Å². The zero-order chi connectivity index (χ0) is 50.3. The van der Waals surface area contributed by atoms with Gasteiger partial charge in [0, 0.05) is 6.42 Å². The van der Waals surface area contributed by atoms with E-state index in [2.05, 4.69) is 26.1 Å². The Kier molecular flexibility index (Phi) is 39.0. The number of carbonyl (C=O) groups is 4. The second kappa shape index (κ2) is 41.5. The Hall–Kier alpha value is -2.13. The van der Waals surface area contributed by atoms with E-state index in [1.165, 1.54) is 109 Å². The molecule has 0 aromatic rings. The second-order valence-electron chi connectivity index (χ2n) is 19.7. The van der Waals surface area contributed by atoms with E-state index in [0.29, 0.717) is 19.3 Å². The number of rotatable bonds is 45. The third-order valence-electron chi connectivity index (χ3n) is 12.7. The zero-order valence-corrected chi connectivity index (χ0v) is 44.3. The number of phosphoric ester groups is 1. The Balaban J connectivity index is 3.09. The van der Waals surface area contributed by atoms with Crippen molar-refractivity contribution >= 4 is 31.6 Å². The number of nitrogens with one attached hydrogen (secondary N) is 1. The van der Waals surface area contributed by atoms with Crippen molar-refractivity contribution < 1.29 is 62.1 Å². The molecule has 0 bridgehead atoms. The number of phosphoric acid groups is 1. The van der Waals surface area contributed by atoms with Gasteiger partial charge >= 0.3 is 25.7 Å². The summed E-state index contributed by atoms with van der Waals surface area (Å²) in [5.41, 5.74) is 0. The lowest BCUT2D eigenvalue weighted by Gasteiger charge is -2.41. The molecule has 0 aliphatic carbocycles. The highest BCUT2D eigenvalue weighted by Gasteiger charge is 2.48. The van der Waals surface area contributed by atoms with Crippen LogP contribution in [0.1, 0.15) is 239 Å². The van der Waals surface area contributed by atoms with Crippen molar-refractivity contribution in [2.24, 2.45) is 0 Å². The molecule has 1 rings (SSSR count). The molecular formula is C52H99N2O13P. The molecule has 1 aliphatic rings. The van der Waals surface area contributed by atoms with Gasteiger partial charge in [-0.1, -0.05) is 194 Å². The first-order chi connectivity index (χ1) is 32.7. The Bertz CT molecular complexity index is 1330. The van der Waals surface area contributed by atoms with Crippen molar-refractivity contribution in [3.63, 3.8) is 0 Å². The zero-order valence-electron chi connectivity index (χ0n) is 43.4. The van der Waals surface area contributed by atoms with Crippen LogP contribution in [0.3, 0.4) is 0 Å². The van der Waals surface area contributed by atoms with Crippen LogP contribution in [0.15, 0.2) is 0 Å². The first kappa shape index (κ1) is 63.9. The highest BCUT2D eigenvalue weighted by Crippen LogP contribution is 2.41.